The molecule has 1 atom stereocenters. The van der Waals surface area contributed by atoms with Gasteiger partial charge < -0.3 is 10.1 Å². The zero-order valence-electron chi connectivity index (χ0n) is 11.7. The lowest BCUT2D eigenvalue weighted by Crippen LogP contribution is -2.14. The van der Waals surface area contributed by atoms with Crippen LogP contribution >= 0.6 is 15.9 Å². The fraction of sp³-hybridized carbons (Fsp3) is 0.250. The summed E-state index contributed by atoms with van der Waals surface area (Å²) in [5.74, 6) is 0.965. The quantitative estimate of drug-likeness (QED) is 0.850. The second-order valence-electron chi connectivity index (χ2n) is 4.68. The summed E-state index contributed by atoms with van der Waals surface area (Å²) < 4.78 is 20.9. The van der Waals surface area contributed by atoms with Gasteiger partial charge >= 0.3 is 0 Å². The van der Waals surface area contributed by atoms with Gasteiger partial charge in [0.2, 0.25) is 0 Å². The lowest BCUT2D eigenvalue weighted by atomic mass is 10.1. The molecule has 1 N–H and O–H groups in total. The molecule has 0 bridgehead atoms. The number of ether oxygens (including phenoxy) is 1. The van der Waals surface area contributed by atoms with Crippen LogP contribution in [-0.4, -0.2) is 7.05 Å². The average Bonchev–Trinajstić information content (AvgIpc) is 2.42. The number of halogens is 2. The highest BCUT2D eigenvalue weighted by Crippen LogP contribution is 2.32. The SMILES string of the molecule is CNC(C)c1c(F)cccc1Oc1ccc(Br)c(C)c1. The van der Waals surface area contributed by atoms with Crippen molar-refractivity contribution in [2.24, 2.45) is 0 Å². The van der Waals surface area contributed by atoms with Crippen molar-refractivity contribution < 1.29 is 9.13 Å². The van der Waals surface area contributed by atoms with Crippen molar-refractivity contribution in [1.82, 2.24) is 5.32 Å². The first kappa shape index (κ1) is 15.0. The molecule has 0 aliphatic rings. The van der Waals surface area contributed by atoms with E-state index in [1.54, 1.807) is 19.2 Å². The topological polar surface area (TPSA) is 21.3 Å². The maximum atomic E-state index is 14.0. The molecule has 0 radical (unpaired) electrons. The van der Waals surface area contributed by atoms with E-state index in [1.807, 2.05) is 32.0 Å². The van der Waals surface area contributed by atoms with Crippen molar-refractivity contribution in [2.75, 3.05) is 7.05 Å². The molecule has 2 rings (SSSR count). The summed E-state index contributed by atoms with van der Waals surface area (Å²) in [6, 6.07) is 10.5. The molecular formula is C16H17BrFNO. The van der Waals surface area contributed by atoms with Gasteiger partial charge in [-0.15, -0.1) is 0 Å². The van der Waals surface area contributed by atoms with Gasteiger partial charge in [-0.25, -0.2) is 4.39 Å². The van der Waals surface area contributed by atoms with Crippen molar-refractivity contribution in [1.29, 1.82) is 0 Å². The van der Waals surface area contributed by atoms with Crippen LogP contribution in [0.5, 0.6) is 11.5 Å². The molecule has 0 fully saturated rings. The first-order valence-corrected chi connectivity index (χ1v) is 7.22. The molecule has 0 saturated heterocycles. The Balaban J connectivity index is 2.38. The van der Waals surface area contributed by atoms with E-state index >= 15 is 0 Å². The molecule has 0 spiro atoms. The van der Waals surface area contributed by atoms with Crippen molar-refractivity contribution in [3.05, 3.63) is 57.8 Å². The Kier molecular flexibility index (Phi) is 4.78. The number of aryl methyl sites for hydroxylation is 1. The molecule has 0 aliphatic carbocycles. The molecule has 0 aromatic heterocycles. The lowest BCUT2D eigenvalue weighted by Gasteiger charge is -2.17. The summed E-state index contributed by atoms with van der Waals surface area (Å²) >= 11 is 3.45. The van der Waals surface area contributed by atoms with Gasteiger partial charge in [0.1, 0.15) is 17.3 Å². The molecule has 0 saturated carbocycles. The van der Waals surface area contributed by atoms with E-state index in [4.69, 9.17) is 4.74 Å². The Morgan fingerprint density at radius 2 is 2.00 bits per heavy atom. The third-order valence-electron chi connectivity index (χ3n) is 3.24. The summed E-state index contributed by atoms with van der Waals surface area (Å²) in [4.78, 5) is 0. The molecule has 2 aromatic carbocycles. The van der Waals surface area contributed by atoms with Crippen LogP contribution in [0.3, 0.4) is 0 Å². The number of hydrogen-bond donors (Lipinski definition) is 1. The van der Waals surface area contributed by atoms with Gasteiger partial charge in [0.25, 0.3) is 0 Å². The van der Waals surface area contributed by atoms with Gasteiger partial charge in [0.15, 0.2) is 0 Å². The van der Waals surface area contributed by atoms with Crippen LogP contribution in [0.4, 0.5) is 4.39 Å². The molecule has 2 nitrogen and oxygen atoms in total. The third-order valence-corrected chi connectivity index (χ3v) is 4.13. The first-order valence-electron chi connectivity index (χ1n) is 6.42. The van der Waals surface area contributed by atoms with E-state index in [1.165, 1.54) is 6.07 Å². The Morgan fingerprint density at radius 3 is 2.65 bits per heavy atom. The highest BCUT2D eigenvalue weighted by molar-refractivity contribution is 9.10. The number of rotatable bonds is 4. The molecule has 0 aliphatic heterocycles. The van der Waals surface area contributed by atoms with Crippen molar-refractivity contribution in [3.8, 4) is 11.5 Å². The maximum Gasteiger partial charge on any atom is 0.135 e. The van der Waals surface area contributed by atoms with Crippen LogP contribution < -0.4 is 10.1 Å². The van der Waals surface area contributed by atoms with E-state index in [9.17, 15) is 4.39 Å². The van der Waals surface area contributed by atoms with Crippen LogP contribution in [0.1, 0.15) is 24.1 Å². The van der Waals surface area contributed by atoms with Gasteiger partial charge in [-0.05, 0) is 56.8 Å². The van der Waals surface area contributed by atoms with Crippen LogP contribution in [0.15, 0.2) is 40.9 Å². The minimum Gasteiger partial charge on any atom is -0.457 e. The summed E-state index contributed by atoms with van der Waals surface area (Å²) in [7, 11) is 1.80. The summed E-state index contributed by atoms with van der Waals surface area (Å²) in [5.41, 5.74) is 1.61. The number of hydrogen-bond acceptors (Lipinski definition) is 2. The number of benzene rings is 2. The van der Waals surface area contributed by atoms with Crippen molar-refractivity contribution in [3.63, 3.8) is 0 Å². The minimum atomic E-state index is -0.266. The smallest absolute Gasteiger partial charge is 0.135 e. The molecule has 0 heterocycles. The summed E-state index contributed by atoms with van der Waals surface area (Å²) in [6.07, 6.45) is 0. The Labute approximate surface area is 127 Å². The Hall–Kier alpha value is -1.39. The average molecular weight is 338 g/mol. The van der Waals surface area contributed by atoms with E-state index < -0.39 is 0 Å². The van der Waals surface area contributed by atoms with Crippen molar-refractivity contribution in [2.45, 2.75) is 19.9 Å². The van der Waals surface area contributed by atoms with Gasteiger partial charge in [-0.2, -0.15) is 0 Å². The Morgan fingerprint density at radius 1 is 1.25 bits per heavy atom. The molecule has 106 valence electrons. The van der Waals surface area contributed by atoms with E-state index in [2.05, 4.69) is 21.2 Å². The second-order valence-corrected chi connectivity index (χ2v) is 5.53. The predicted molar refractivity (Wildman–Crippen MR) is 82.8 cm³/mol. The highest BCUT2D eigenvalue weighted by Gasteiger charge is 2.16. The van der Waals surface area contributed by atoms with Gasteiger partial charge in [-0.3, -0.25) is 0 Å². The van der Waals surface area contributed by atoms with Gasteiger partial charge in [0.05, 0.1) is 0 Å². The lowest BCUT2D eigenvalue weighted by molar-refractivity contribution is 0.452. The van der Waals surface area contributed by atoms with E-state index in [0.29, 0.717) is 17.1 Å². The molecule has 0 amide bonds. The fourth-order valence-corrected chi connectivity index (χ4v) is 2.23. The summed E-state index contributed by atoms with van der Waals surface area (Å²) in [6.45, 7) is 3.89. The zero-order chi connectivity index (χ0) is 14.7. The molecule has 2 aromatic rings. The molecule has 1 unspecified atom stereocenters. The van der Waals surface area contributed by atoms with E-state index in [-0.39, 0.29) is 11.9 Å². The Bertz CT molecular complexity index is 615. The normalized spacial score (nSPS) is 12.2. The van der Waals surface area contributed by atoms with Gasteiger partial charge in [0, 0.05) is 16.1 Å². The third kappa shape index (κ3) is 3.19. The largest absolute Gasteiger partial charge is 0.457 e. The first-order chi connectivity index (χ1) is 9.52. The highest BCUT2D eigenvalue weighted by atomic mass is 79.9. The van der Waals surface area contributed by atoms with Crippen LogP contribution in [0.2, 0.25) is 0 Å². The van der Waals surface area contributed by atoms with Crippen LogP contribution in [-0.2, 0) is 0 Å². The van der Waals surface area contributed by atoms with Crippen LogP contribution in [0.25, 0.3) is 0 Å². The van der Waals surface area contributed by atoms with E-state index in [0.717, 1.165) is 10.0 Å². The monoisotopic (exact) mass is 337 g/mol. The molecular weight excluding hydrogens is 321 g/mol. The van der Waals surface area contributed by atoms with Crippen LogP contribution in [0, 0.1) is 12.7 Å². The fourth-order valence-electron chi connectivity index (χ4n) is 1.98. The molecule has 20 heavy (non-hydrogen) atoms. The zero-order valence-corrected chi connectivity index (χ0v) is 13.3. The second kappa shape index (κ2) is 6.37. The van der Waals surface area contributed by atoms with Gasteiger partial charge in [-0.1, -0.05) is 22.0 Å². The standard InChI is InChI=1S/C16H17BrFNO/c1-10-9-12(7-8-13(10)17)20-15-6-4-5-14(18)16(15)11(2)19-3/h4-9,11,19H,1-3H3. The summed E-state index contributed by atoms with van der Waals surface area (Å²) in [5, 5.41) is 3.04. The molecule has 4 heteroatoms. The minimum absolute atomic E-state index is 0.122. The predicted octanol–water partition coefficient (Wildman–Crippen LogP) is 4.97. The maximum absolute atomic E-state index is 14.0. The number of nitrogens with one attached hydrogen (secondary N) is 1. The van der Waals surface area contributed by atoms with Crippen molar-refractivity contribution >= 4 is 15.9 Å².